The molecule has 5 heteroatoms. The molecule has 0 saturated carbocycles. The standard InChI is InChI=1S/C17H14ClNO2S/c1-11(13-6-4-10-21-13)19-16(20)9-8-15-17(18)12-5-2-3-7-14(12)22-15/h2-11H,1H3,(H,19,20)/b9-8+/t11-/m0/s1. The highest BCUT2D eigenvalue weighted by atomic mass is 35.5. The van der Waals surface area contributed by atoms with E-state index >= 15 is 0 Å². The van der Waals surface area contributed by atoms with E-state index in [-0.39, 0.29) is 11.9 Å². The quantitative estimate of drug-likeness (QED) is 0.681. The minimum absolute atomic E-state index is 0.176. The first kappa shape index (κ1) is 14.9. The smallest absolute Gasteiger partial charge is 0.244 e. The van der Waals surface area contributed by atoms with Gasteiger partial charge in [0.1, 0.15) is 5.76 Å². The highest BCUT2D eigenvalue weighted by molar-refractivity contribution is 7.20. The lowest BCUT2D eigenvalue weighted by Gasteiger charge is -2.08. The molecule has 1 N–H and O–H groups in total. The highest BCUT2D eigenvalue weighted by Crippen LogP contribution is 2.35. The zero-order valence-corrected chi connectivity index (χ0v) is 13.4. The topological polar surface area (TPSA) is 42.2 Å². The maximum absolute atomic E-state index is 12.0. The van der Waals surface area contributed by atoms with Crippen molar-refractivity contribution in [1.29, 1.82) is 0 Å². The van der Waals surface area contributed by atoms with Crippen LogP contribution in [0, 0.1) is 0 Å². The molecule has 3 aromatic rings. The number of fused-ring (bicyclic) bond motifs is 1. The number of hydrogen-bond donors (Lipinski definition) is 1. The number of halogens is 1. The summed E-state index contributed by atoms with van der Waals surface area (Å²) in [5.74, 6) is 0.541. The SMILES string of the molecule is C[C@H](NC(=O)/C=C/c1sc2ccccc2c1Cl)c1ccco1. The van der Waals surface area contributed by atoms with Crippen LogP contribution in [0.1, 0.15) is 23.6 Å². The third kappa shape index (κ3) is 3.08. The molecule has 3 nitrogen and oxygen atoms in total. The van der Waals surface area contributed by atoms with E-state index in [2.05, 4.69) is 5.32 Å². The Labute approximate surface area is 137 Å². The van der Waals surface area contributed by atoms with Crippen LogP contribution in [0.3, 0.4) is 0 Å². The van der Waals surface area contributed by atoms with E-state index in [0.717, 1.165) is 20.7 Å². The fourth-order valence-corrected chi connectivity index (χ4v) is 3.56. The summed E-state index contributed by atoms with van der Waals surface area (Å²) < 4.78 is 6.37. The molecule has 1 aromatic carbocycles. The maximum atomic E-state index is 12.0. The summed E-state index contributed by atoms with van der Waals surface area (Å²) in [7, 11) is 0. The van der Waals surface area contributed by atoms with Gasteiger partial charge < -0.3 is 9.73 Å². The van der Waals surface area contributed by atoms with Crippen LogP contribution in [0.4, 0.5) is 0 Å². The molecule has 2 aromatic heterocycles. The molecule has 0 fully saturated rings. The monoisotopic (exact) mass is 331 g/mol. The number of benzene rings is 1. The average Bonchev–Trinajstić information content (AvgIpc) is 3.14. The first-order chi connectivity index (χ1) is 10.6. The minimum Gasteiger partial charge on any atom is -0.467 e. The molecule has 1 amide bonds. The second kappa shape index (κ2) is 6.38. The molecule has 0 spiro atoms. The van der Waals surface area contributed by atoms with Gasteiger partial charge in [0.05, 0.1) is 17.3 Å². The minimum atomic E-state index is -0.183. The number of furan rings is 1. The second-order valence-corrected chi connectivity index (χ2v) is 6.32. The first-order valence-corrected chi connectivity index (χ1v) is 8.03. The summed E-state index contributed by atoms with van der Waals surface area (Å²) in [6.45, 7) is 1.87. The van der Waals surface area contributed by atoms with Gasteiger partial charge in [-0.25, -0.2) is 0 Å². The number of nitrogens with one attached hydrogen (secondary N) is 1. The van der Waals surface area contributed by atoms with Crippen LogP contribution in [0.25, 0.3) is 16.2 Å². The van der Waals surface area contributed by atoms with Gasteiger partial charge in [-0.15, -0.1) is 11.3 Å². The molecule has 22 heavy (non-hydrogen) atoms. The molecule has 0 bridgehead atoms. The van der Waals surface area contributed by atoms with E-state index < -0.39 is 0 Å². The van der Waals surface area contributed by atoms with Crippen LogP contribution in [0.5, 0.6) is 0 Å². The molecule has 0 unspecified atom stereocenters. The van der Waals surface area contributed by atoms with Crippen molar-refractivity contribution in [1.82, 2.24) is 5.32 Å². The normalized spacial score (nSPS) is 12.8. The molecular weight excluding hydrogens is 318 g/mol. The third-order valence-corrected chi connectivity index (χ3v) is 4.93. The Morgan fingerprint density at radius 3 is 2.86 bits per heavy atom. The number of carbonyl (C=O) groups is 1. The van der Waals surface area contributed by atoms with Gasteiger partial charge in [-0.3, -0.25) is 4.79 Å². The van der Waals surface area contributed by atoms with E-state index in [1.165, 1.54) is 6.08 Å². The molecule has 112 valence electrons. The predicted octanol–water partition coefficient (Wildman–Crippen LogP) is 5.04. The van der Waals surface area contributed by atoms with Crippen molar-refractivity contribution in [2.24, 2.45) is 0 Å². The number of thiophene rings is 1. The van der Waals surface area contributed by atoms with Gasteiger partial charge in [-0.2, -0.15) is 0 Å². The van der Waals surface area contributed by atoms with Crippen molar-refractivity contribution in [3.8, 4) is 0 Å². The van der Waals surface area contributed by atoms with Crippen LogP contribution in [0.15, 0.2) is 53.2 Å². The summed E-state index contributed by atoms with van der Waals surface area (Å²) in [4.78, 5) is 12.8. The Bertz CT molecular complexity index is 820. The molecule has 0 radical (unpaired) electrons. The van der Waals surface area contributed by atoms with Crippen LogP contribution in [-0.4, -0.2) is 5.91 Å². The zero-order chi connectivity index (χ0) is 15.5. The Balaban J connectivity index is 1.72. The zero-order valence-electron chi connectivity index (χ0n) is 11.9. The van der Waals surface area contributed by atoms with E-state index in [4.69, 9.17) is 16.0 Å². The summed E-state index contributed by atoms with van der Waals surface area (Å²) in [5.41, 5.74) is 0. The number of carbonyl (C=O) groups excluding carboxylic acids is 1. The number of amides is 1. The third-order valence-electron chi connectivity index (χ3n) is 3.27. The van der Waals surface area contributed by atoms with Crippen molar-refractivity contribution < 1.29 is 9.21 Å². The average molecular weight is 332 g/mol. The van der Waals surface area contributed by atoms with E-state index in [0.29, 0.717) is 5.02 Å². The predicted molar refractivity (Wildman–Crippen MR) is 91.1 cm³/mol. The van der Waals surface area contributed by atoms with Gasteiger partial charge >= 0.3 is 0 Å². The molecule has 0 aliphatic heterocycles. The van der Waals surface area contributed by atoms with Crippen LogP contribution < -0.4 is 5.32 Å². The number of hydrogen-bond acceptors (Lipinski definition) is 3. The van der Waals surface area contributed by atoms with Crippen LogP contribution in [0.2, 0.25) is 5.02 Å². The van der Waals surface area contributed by atoms with Gasteiger partial charge in [0.15, 0.2) is 0 Å². The Morgan fingerprint density at radius 1 is 1.32 bits per heavy atom. The molecule has 2 heterocycles. The molecule has 1 atom stereocenters. The fourth-order valence-electron chi connectivity index (χ4n) is 2.16. The van der Waals surface area contributed by atoms with Gasteiger partial charge in [-0.05, 0) is 31.2 Å². The molecule has 3 rings (SSSR count). The van der Waals surface area contributed by atoms with Crippen molar-refractivity contribution in [2.75, 3.05) is 0 Å². The van der Waals surface area contributed by atoms with Crippen LogP contribution in [-0.2, 0) is 4.79 Å². The second-order valence-electron chi connectivity index (χ2n) is 4.86. The van der Waals surface area contributed by atoms with Crippen LogP contribution >= 0.6 is 22.9 Å². The summed E-state index contributed by atoms with van der Waals surface area (Å²) in [5, 5.41) is 4.54. The van der Waals surface area contributed by atoms with Crippen molar-refractivity contribution >= 4 is 45.0 Å². The lowest BCUT2D eigenvalue weighted by atomic mass is 10.2. The molecule has 0 saturated heterocycles. The Hall–Kier alpha value is -2.04. The molecule has 0 aliphatic carbocycles. The van der Waals surface area contributed by atoms with Gasteiger partial charge in [0.2, 0.25) is 5.91 Å². The molecule has 0 aliphatic rings. The Morgan fingerprint density at radius 2 is 2.14 bits per heavy atom. The van der Waals surface area contributed by atoms with E-state index in [1.54, 1.807) is 29.7 Å². The highest BCUT2D eigenvalue weighted by Gasteiger charge is 2.11. The lowest BCUT2D eigenvalue weighted by molar-refractivity contribution is -0.117. The van der Waals surface area contributed by atoms with Crippen molar-refractivity contribution in [2.45, 2.75) is 13.0 Å². The van der Waals surface area contributed by atoms with Gasteiger partial charge in [-0.1, -0.05) is 29.8 Å². The largest absolute Gasteiger partial charge is 0.467 e. The summed E-state index contributed by atoms with van der Waals surface area (Å²) in [6, 6.07) is 11.4. The van der Waals surface area contributed by atoms with Gasteiger partial charge in [0, 0.05) is 21.0 Å². The maximum Gasteiger partial charge on any atom is 0.244 e. The number of rotatable bonds is 4. The summed E-state index contributed by atoms with van der Waals surface area (Å²) in [6.07, 6.45) is 4.83. The van der Waals surface area contributed by atoms with E-state index in [9.17, 15) is 4.79 Å². The van der Waals surface area contributed by atoms with E-state index in [1.807, 2.05) is 37.3 Å². The van der Waals surface area contributed by atoms with Crippen molar-refractivity contribution in [3.63, 3.8) is 0 Å². The molecular formula is C17H14ClNO2S. The fraction of sp³-hybridized carbons (Fsp3) is 0.118. The van der Waals surface area contributed by atoms with Crippen molar-refractivity contribution in [3.05, 3.63) is 64.4 Å². The summed E-state index contributed by atoms with van der Waals surface area (Å²) >= 11 is 7.91. The Kier molecular flexibility index (Phi) is 4.32. The van der Waals surface area contributed by atoms with Gasteiger partial charge in [0.25, 0.3) is 0 Å². The first-order valence-electron chi connectivity index (χ1n) is 6.84. The lowest BCUT2D eigenvalue weighted by Crippen LogP contribution is -2.24.